The molecule has 1 fully saturated rings. The highest BCUT2D eigenvalue weighted by molar-refractivity contribution is 7.91. The van der Waals surface area contributed by atoms with Crippen molar-refractivity contribution >= 4 is 27.3 Å². The van der Waals surface area contributed by atoms with Crippen LogP contribution >= 0.6 is 11.6 Å². The van der Waals surface area contributed by atoms with Gasteiger partial charge < -0.3 is 9.64 Å². The van der Waals surface area contributed by atoms with E-state index < -0.39 is 9.84 Å². The second-order valence-electron chi connectivity index (χ2n) is 8.19. The number of rotatable bonds is 7. The van der Waals surface area contributed by atoms with Crippen LogP contribution in [0.15, 0.2) is 42.5 Å². The normalized spacial score (nSPS) is 17.8. The molecule has 1 atom stereocenters. The van der Waals surface area contributed by atoms with Crippen molar-refractivity contribution in [1.82, 2.24) is 4.90 Å². The molecule has 2 aromatic carbocycles. The molecular weight excluding hydrogens is 422 g/mol. The van der Waals surface area contributed by atoms with E-state index in [1.165, 1.54) is 0 Å². The number of ether oxygens (including phenoxy) is 1. The number of hydrogen-bond acceptors (Lipinski definition) is 4. The van der Waals surface area contributed by atoms with Crippen LogP contribution in [-0.2, 0) is 21.2 Å². The third kappa shape index (κ3) is 5.76. The van der Waals surface area contributed by atoms with Crippen molar-refractivity contribution in [2.45, 2.75) is 45.7 Å². The summed E-state index contributed by atoms with van der Waals surface area (Å²) in [6.45, 7) is 6.33. The second-order valence-corrected chi connectivity index (χ2v) is 10.9. The van der Waals surface area contributed by atoms with Crippen molar-refractivity contribution < 1.29 is 17.9 Å². The molecule has 2 aromatic rings. The maximum atomic E-state index is 13.1. The van der Waals surface area contributed by atoms with E-state index in [1.54, 1.807) is 17.0 Å². The molecule has 0 radical (unpaired) electrons. The Balaban J connectivity index is 1.78. The van der Waals surface area contributed by atoms with Crippen molar-refractivity contribution in [2.75, 3.05) is 18.1 Å². The van der Waals surface area contributed by atoms with E-state index in [2.05, 4.69) is 13.8 Å². The van der Waals surface area contributed by atoms with Crippen LogP contribution in [0.1, 0.15) is 42.9 Å². The predicted molar refractivity (Wildman–Crippen MR) is 120 cm³/mol. The molecule has 1 amide bonds. The zero-order chi connectivity index (χ0) is 21.9. The smallest absolute Gasteiger partial charge is 0.261 e. The van der Waals surface area contributed by atoms with Crippen molar-refractivity contribution in [1.29, 1.82) is 0 Å². The summed E-state index contributed by atoms with van der Waals surface area (Å²) in [6, 6.07) is 12.9. The van der Waals surface area contributed by atoms with Gasteiger partial charge in [0, 0.05) is 17.6 Å². The fourth-order valence-corrected chi connectivity index (χ4v) is 5.55. The molecule has 0 saturated carbocycles. The number of amides is 1. The summed E-state index contributed by atoms with van der Waals surface area (Å²) in [5.74, 6) is 0.847. The maximum absolute atomic E-state index is 13.1. The van der Waals surface area contributed by atoms with E-state index >= 15 is 0 Å². The van der Waals surface area contributed by atoms with Crippen LogP contribution in [0.2, 0.25) is 5.02 Å². The lowest BCUT2D eigenvalue weighted by molar-refractivity contribution is -0.136. The summed E-state index contributed by atoms with van der Waals surface area (Å²) >= 11 is 5.97. The highest BCUT2D eigenvalue weighted by Crippen LogP contribution is 2.28. The first-order chi connectivity index (χ1) is 14.1. The summed E-state index contributed by atoms with van der Waals surface area (Å²) in [4.78, 5) is 14.8. The van der Waals surface area contributed by atoms with E-state index in [0.29, 0.717) is 23.7 Å². The Morgan fingerprint density at radius 3 is 2.50 bits per heavy atom. The van der Waals surface area contributed by atoms with Gasteiger partial charge in [-0.05, 0) is 54.2 Å². The Labute approximate surface area is 183 Å². The van der Waals surface area contributed by atoms with Crippen molar-refractivity contribution in [3.63, 3.8) is 0 Å². The molecule has 1 saturated heterocycles. The molecule has 3 rings (SSSR count). The Kier molecular flexibility index (Phi) is 7.09. The van der Waals surface area contributed by atoms with Gasteiger partial charge in [0.25, 0.3) is 5.91 Å². The minimum absolute atomic E-state index is 0.00593. The Morgan fingerprint density at radius 2 is 1.90 bits per heavy atom. The zero-order valence-electron chi connectivity index (χ0n) is 17.6. The van der Waals surface area contributed by atoms with E-state index in [9.17, 15) is 13.2 Å². The summed E-state index contributed by atoms with van der Waals surface area (Å²) in [5.41, 5.74) is 3.00. The quantitative estimate of drug-likeness (QED) is 0.629. The minimum Gasteiger partial charge on any atom is -0.483 e. The number of sulfone groups is 1. The first kappa shape index (κ1) is 22.6. The second kappa shape index (κ2) is 9.40. The predicted octanol–water partition coefficient (Wildman–Crippen LogP) is 4.37. The molecule has 5 nitrogen and oxygen atoms in total. The standard InChI is InChI=1S/C23H28ClNO4S/c1-16(2)21-9-4-17(3)12-22(21)29-14-23(26)25(20-10-11-30(27,28)15-20)13-18-5-7-19(24)8-6-18/h4-9,12,16,20H,10-11,13-15H2,1-3H3. The molecule has 30 heavy (non-hydrogen) atoms. The number of hydrogen-bond donors (Lipinski definition) is 0. The molecule has 1 aliphatic heterocycles. The molecule has 1 aliphatic rings. The van der Waals surface area contributed by atoms with Crippen LogP contribution < -0.4 is 4.74 Å². The molecule has 0 aromatic heterocycles. The molecule has 162 valence electrons. The van der Waals surface area contributed by atoms with Crippen LogP contribution in [-0.4, -0.2) is 43.4 Å². The highest BCUT2D eigenvalue weighted by Gasteiger charge is 2.34. The SMILES string of the molecule is Cc1ccc(C(C)C)c(OCC(=O)N(Cc2ccc(Cl)cc2)C2CCS(=O)(=O)C2)c1. The number of aryl methyl sites for hydroxylation is 1. The topological polar surface area (TPSA) is 63.7 Å². The fourth-order valence-electron chi connectivity index (χ4n) is 3.69. The number of nitrogens with zero attached hydrogens (tertiary/aromatic N) is 1. The lowest BCUT2D eigenvalue weighted by atomic mass is 10.0. The van der Waals surface area contributed by atoms with Crippen molar-refractivity contribution in [2.24, 2.45) is 0 Å². The summed E-state index contributed by atoms with van der Waals surface area (Å²) < 4.78 is 30.0. The summed E-state index contributed by atoms with van der Waals surface area (Å²) in [5, 5.41) is 0.615. The van der Waals surface area contributed by atoms with E-state index in [-0.39, 0.29) is 36.0 Å². The number of carbonyl (C=O) groups is 1. The Hall–Kier alpha value is -2.05. The molecular formula is C23H28ClNO4S. The monoisotopic (exact) mass is 449 g/mol. The van der Waals surface area contributed by atoms with Crippen molar-refractivity contribution in [3.05, 3.63) is 64.2 Å². The van der Waals surface area contributed by atoms with Gasteiger partial charge in [-0.15, -0.1) is 0 Å². The Bertz CT molecular complexity index is 1000. The van der Waals surface area contributed by atoms with Crippen molar-refractivity contribution in [3.8, 4) is 5.75 Å². The number of halogens is 1. The molecule has 7 heteroatoms. The first-order valence-corrected chi connectivity index (χ1v) is 12.3. The van der Waals surface area contributed by atoms with Crippen LogP contribution in [0, 0.1) is 6.92 Å². The molecule has 1 unspecified atom stereocenters. The average molecular weight is 450 g/mol. The minimum atomic E-state index is -3.12. The van der Waals surface area contributed by atoms with Gasteiger partial charge in [-0.2, -0.15) is 0 Å². The lowest BCUT2D eigenvalue weighted by Crippen LogP contribution is -2.43. The maximum Gasteiger partial charge on any atom is 0.261 e. The molecule has 0 bridgehead atoms. The average Bonchev–Trinajstić information content (AvgIpc) is 3.04. The number of benzene rings is 2. The summed E-state index contributed by atoms with van der Waals surface area (Å²) in [6.07, 6.45) is 0.448. The van der Waals surface area contributed by atoms with Gasteiger partial charge >= 0.3 is 0 Å². The summed E-state index contributed by atoms with van der Waals surface area (Å²) in [7, 11) is -3.12. The van der Waals surface area contributed by atoms with Crippen LogP contribution in [0.3, 0.4) is 0 Å². The van der Waals surface area contributed by atoms with Gasteiger partial charge in [-0.1, -0.05) is 49.7 Å². The lowest BCUT2D eigenvalue weighted by Gasteiger charge is -2.29. The third-order valence-electron chi connectivity index (χ3n) is 5.38. The van der Waals surface area contributed by atoms with Gasteiger partial charge in [-0.3, -0.25) is 4.79 Å². The highest BCUT2D eigenvalue weighted by atomic mass is 35.5. The Morgan fingerprint density at radius 1 is 1.20 bits per heavy atom. The van der Waals surface area contributed by atoms with Crippen LogP contribution in [0.5, 0.6) is 5.75 Å². The van der Waals surface area contributed by atoms with E-state index in [4.69, 9.17) is 16.3 Å². The van der Waals surface area contributed by atoms with Gasteiger partial charge in [0.15, 0.2) is 16.4 Å². The first-order valence-electron chi connectivity index (χ1n) is 10.1. The molecule has 0 aliphatic carbocycles. The van der Waals surface area contributed by atoms with E-state index in [1.807, 2.05) is 37.3 Å². The fraction of sp³-hybridized carbons (Fsp3) is 0.435. The third-order valence-corrected chi connectivity index (χ3v) is 7.38. The van der Waals surface area contributed by atoms with Gasteiger partial charge in [-0.25, -0.2) is 8.42 Å². The molecule has 0 N–H and O–H groups in total. The van der Waals surface area contributed by atoms with Gasteiger partial charge in [0.05, 0.1) is 11.5 Å². The van der Waals surface area contributed by atoms with Crippen LogP contribution in [0.25, 0.3) is 0 Å². The number of carbonyl (C=O) groups excluding carboxylic acids is 1. The zero-order valence-corrected chi connectivity index (χ0v) is 19.2. The van der Waals surface area contributed by atoms with Gasteiger partial charge in [0.2, 0.25) is 0 Å². The van der Waals surface area contributed by atoms with Gasteiger partial charge in [0.1, 0.15) is 5.75 Å². The molecule has 1 heterocycles. The van der Waals surface area contributed by atoms with E-state index in [0.717, 1.165) is 16.7 Å². The van der Waals surface area contributed by atoms with Crippen LogP contribution in [0.4, 0.5) is 0 Å². The molecule has 0 spiro atoms. The largest absolute Gasteiger partial charge is 0.483 e.